The van der Waals surface area contributed by atoms with Gasteiger partial charge < -0.3 is 30.9 Å². The number of amides is 4. The zero-order valence-electron chi connectivity index (χ0n) is 25.3. The van der Waals surface area contributed by atoms with Gasteiger partial charge in [-0.15, -0.1) is 0 Å². The number of hydrogen-bond donors (Lipinski definition) is 3. The van der Waals surface area contributed by atoms with Crippen LogP contribution < -0.4 is 21.1 Å². The third kappa shape index (κ3) is 7.34. The van der Waals surface area contributed by atoms with Crippen LogP contribution in [0.5, 0.6) is 5.75 Å². The number of nitrogens with zero attached hydrogens (tertiary/aromatic N) is 2. The van der Waals surface area contributed by atoms with E-state index in [9.17, 15) is 19.2 Å². The molecule has 4 amide bonds. The zero-order chi connectivity index (χ0) is 31.3. The van der Waals surface area contributed by atoms with Crippen molar-refractivity contribution in [3.05, 3.63) is 88.5 Å². The molecule has 3 aromatic rings. The van der Waals surface area contributed by atoms with Gasteiger partial charge in [0.2, 0.25) is 5.91 Å². The van der Waals surface area contributed by atoms with Gasteiger partial charge in [-0.3, -0.25) is 19.2 Å². The molecule has 6 rings (SSSR count). The second-order valence-corrected chi connectivity index (χ2v) is 12.0. The molecule has 0 unspecified atom stereocenters. The third-order valence-electron chi connectivity index (χ3n) is 8.56. The summed E-state index contributed by atoms with van der Waals surface area (Å²) in [6.45, 7) is 2.21. The van der Waals surface area contributed by atoms with Crippen molar-refractivity contribution in [1.29, 1.82) is 0 Å². The highest BCUT2D eigenvalue weighted by molar-refractivity contribution is 6.04. The molecular weight excluding hydrogens is 570 g/mol. The molecule has 0 aromatic heterocycles. The van der Waals surface area contributed by atoms with Crippen LogP contribution in [0.25, 0.3) is 0 Å². The Hall–Kier alpha value is -4.70. The van der Waals surface area contributed by atoms with Gasteiger partial charge in [0, 0.05) is 48.9 Å². The lowest BCUT2D eigenvalue weighted by molar-refractivity contribution is -0.132. The third-order valence-corrected chi connectivity index (χ3v) is 8.56. The number of carbonyl (C=O) groups excluding carboxylic acids is 4. The number of hydrogen-bond acceptors (Lipinski definition) is 6. The Morgan fingerprint density at radius 1 is 0.911 bits per heavy atom. The lowest BCUT2D eigenvalue weighted by Gasteiger charge is -2.24. The van der Waals surface area contributed by atoms with E-state index in [0.29, 0.717) is 60.9 Å². The molecule has 3 aliphatic rings. The maximum absolute atomic E-state index is 13.5. The normalized spacial score (nSPS) is 15.0. The maximum Gasteiger partial charge on any atom is 0.262 e. The van der Waals surface area contributed by atoms with E-state index in [1.54, 1.807) is 30.3 Å². The van der Waals surface area contributed by atoms with E-state index < -0.39 is 0 Å². The monoisotopic (exact) mass is 609 g/mol. The fourth-order valence-corrected chi connectivity index (χ4v) is 5.87. The van der Waals surface area contributed by atoms with Crippen LogP contribution in [0.1, 0.15) is 82.4 Å². The quantitative estimate of drug-likeness (QED) is 0.252. The highest BCUT2D eigenvalue weighted by Gasteiger charge is 2.33. The SMILES string of the molecule is NCCCCCCC(=O)N1Cc2ccc(NC(=O)c3ccc(CN(C(=O)c4ccc5c(c4)OCC(=O)N5)C4CC4)cc3)cc2C1. The lowest BCUT2D eigenvalue weighted by Crippen LogP contribution is -2.33. The highest BCUT2D eigenvalue weighted by atomic mass is 16.5. The predicted octanol–water partition coefficient (Wildman–Crippen LogP) is 4.83. The molecule has 0 saturated heterocycles. The van der Waals surface area contributed by atoms with Crippen LogP contribution in [0.4, 0.5) is 11.4 Å². The van der Waals surface area contributed by atoms with Crippen LogP contribution in [-0.4, -0.2) is 52.6 Å². The summed E-state index contributed by atoms with van der Waals surface area (Å²) in [7, 11) is 0. The Labute approximate surface area is 262 Å². The maximum atomic E-state index is 13.5. The first-order valence-corrected chi connectivity index (χ1v) is 15.8. The van der Waals surface area contributed by atoms with Crippen molar-refractivity contribution in [2.75, 3.05) is 23.8 Å². The number of fused-ring (bicyclic) bond motifs is 2. The van der Waals surface area contributed by atoms with E-state index >= 15 is 0 Å². The van der Waals surface area contributed by atoms with Gasteiger partial charge in [0.25, 0.3) is 17.7 Å². The minimum absolute atomic E-state index is 0.0699. The first-order valence-electron chi connectivity index (χ1n) is 15.8. The topological polar surface area (TPSA) is 134 Å². The second kappa shape index (κ2) is 13.5. The number of anilines is 2. The van der Waals surface area contributed by atoms with Crippen LogP contribution in [0.15, 0.2) is 60.7 Å². The number of rotatable bonds is 12. The lowest BCUT2D eigenvalue weighted by atomic mass is 10.1. The van der Waals surface area contributed by atoms with Gasteiger partial charge in [0.15, 0.2) is 6.61 Å². The molecule has 1 saturated carbocycles. The zero-order valence-corrected chi connectivity index (χ0v) is 25.3. The van der Waals surface area contributed by atoms with Crippen molar-refractivity contribution in [3.63, 3.8) is 0 Å². The second-order valence-electron chi connectivity index (χ2n) is 12.0. The van der Waals surface area contributed by atoms with E-state index in [1.807, 2.05) is 40.1 Å². The molecule has 10 heteroatoms. The molecule has 2 heterocycles. The summed E-state index contributed by atoms with van der Waals surface area (Å²) in [4.78, 5) is 54.6. The number of carbonyl (C=O) groups is 4. The average Bonchev–Trinajstić information content (AvgIpc) is 3.80. The number of ether oxygens (including phenoxy) is 1. The van der Waals surface area contributed by atoms with Gasteiger partial charge in [0.1, 0.15) is 5.75 Å². The molecule has 0 bridgehead atoms. The van der Waals surface area contributed by atoms with Crippen molar-refractivity contribution in [3.8, 4) is 5.75 Å². The van der Waals surface area contributed by atoms with Crippen LogP contribution in [0.3, 0.4) is 0 Å². The van der Waals surface area contributed by atoms with E-state index in [4.69, 9.17) is 10.5 Å². The van der Waals surface area contributed by atoms with Crippen LogP contribution in [-0.2, 0) is 29.2 Å². The smallest absolute Gasteiger partial charge is 0.262 e. The molecule has 0 atom stereocenters. The first kappa shape index (κ1) is 30.3. The standard InChI is InChI=1S/C35H39N5O5/c36-16-4-2-1-3-5-33(42)39-20-26-10-12-28(17-27(26)21-39)37-34(43)24-8-6-23(7-9-24)19-40(29-13-14-29)35(44)25-11-15-30-31(18-25)45-22-32(41)38-30/h6-12,15,17-18,29H,1-5,13-14,16,19-22,36H2,(H,37,43)(H,38,41). The summed E-state index contributed by atoms with van der Waals surface area (Å²) in [6.07, 6.45) is 6.41. The van der Waals surface area contributed by atoms with Crippen LogP contribution in [0.2, 0.25) is 0 Å². The Morgan fingerprint density at radius 2 is 1.67 bits per heavy atom. The Morgan fingerprint density at radius 3 is 2.44 bits per heavy atom. The van der Waals surface area contributed by atoms with Crippen LogP contribution in [0, 0.1) is 0 Å². The molecule has 0 radical (unpaired) electrons. The van der Waals surface area contributed by atoms with Gasteiger partial charge in [0.05, 0.1) is 5.69 Å². The Balaban J connectivity index is 1.04. The summed E-state index contributed by atoms with van der Waals surface area (Å²) in [5.41, 5.74) is 10.9. The summed E-state index contributed by atoms with van der Waals surface area (Å²) in [6, 6.07) is 18.4. The molecule has 234 valence electrons. The summed E-state index contributed by atoms with van der Waals surface area (Å²) in [5, 5.41) is 5.74. The molecule has 3 aromatic carbocycles. The average molecular weight is 610 g/mol. The number of nitrogens with one attached hydrogen (secondary N) is 2. The van der Waals surface area contributed by atoms with Gasteiger partial charge in [-0.25, -0.2) is 0 Å². The summed E-state index contributed by atoms with van der Waals surface area (Å²) < 4.78 is 5.50. The molecule has 0 spiro atoms. The van der Waals surface area contributed by atoms with Crippen molar-refractivity contribution >= 4 is 35.0 Å². The predicted molar refractivity (Wildman–Crippen MR) is 171 cm³/mol. The number of nitrogens with two attached hydrogens (primary N) is 1. The van der Waals surface area contributed by atoms with E-state index in [-0.39, 0.29) is 36.3 Å². The number of unbranched alkanes of at least 4 members (excludes halogenated alkanes) is 3. The largest absolute Gasteiger partial charge is 0.482 e. The molecular formula is C35H39N5O5. The van der Waals surface area contributed by atoms with E-state index in [1.165, 1.54) is 0 Å². The van der Waals surface area contributed by atoms with Crippen molar-refractivity contribution in [1.82, 2.24) is 9.80 Å². The molecule has 45 heavy (non-hydrogen) atoms. The molecule has 2 aliphatic heterocycles. The minimum Gasteiger partial charge on any atom is -0.482 e. The van der Waals surface area contributed by atoms with Gasteiger partial charge in [-0.05, 0) is 91.4 Å². The molecule has 10 nitrogen and oxygen atoms in total. The highest BCUT2D eigenvalue weighted by Crippen LogP contribution is 2.33. The fourth-order valence-electron chi connectivity index (χ4n) is 5.87. The van der Waals surface area contributed by atoms with Crippen molar-refractivity contribution < 1.29 is 23.9 Å². The van der Waals surface area contributed by atoms with E-state index in [2.05, 4.69) is 10.6 Å². The Bertz CT molecular complexity index is 1600. The Kier molecular flexibility index (Phi) is 9.11. The minimum atomic E-state index is -0.221. The molecule has 1 aliphatic carbocycles. The fraction of sp³-hybridized carbons (Fsp3) is 0.371. The molecule has 1 fully saturated rings. The van der Waals surface area contributed by atoms with Crippen molar-refractivity contribution in [2.24, 2.45) is 5.73 Å². The first-order chi connectivity index (χ1) is 21.9. The summed E-state index contributed by atoms with van der Waals surface area (Å²) in [5.74, 6) is 0.123. The van der Waals surface area contributed by atoms with Crippen molar-refractivity contribution in [2.45, 2.75) is 70.6 Å². The number of benzene rings is 3. The van der Waals surface area contributed by atoms with Gasteiger partial charge in [-0.2, -0.15) is 0 Å². The van der Waals surface area contributed by atoms with Gasteiger partial charge in [-0.1, -0.05) is 31.0 Å². The van der Waals surface area contributed by atoms with Crippen LogP contribution >= 0.6 is 0 Å². The van der Waals surface area contributed by atoms with E-state index in [0.717, 1.165) is 55.2 Å². The molecule has 4 N–H and O–H groups in total. The van der Waals surface area contributed by atoms with Gasteiger partial charge >= 0.3 is 0 Å². The summed E-state index contributed by atoms with van der Waals surface area (Å²) >= 11 is 0.